The summed E-state index contributed by atoms with van der Waals surface area (Å²) in [7, 11) is 1.34. The van der Waals surface area contributed by atoms with Gasteiger partial charge >= 0.3 is 5.97 Å². The Balaban J connectivity index is 2.28. The average molecular weight is 272 g/mol. The van der Waals surface area contributed by atoms with Crippen LogP contribution in [0, 0.1) is 0 Å². The highest BCUT2D eigenvalue weighted by Gasteiger charge is 2.47. The van der Waals surface area contributed by atoms with Gasteiger partial charge in [0.25, 0.3) is 0 Å². The molecule has 1 aliphatic rings. The first-order valence-corrected chi connectivity index (χ1v) is 6.53. The molecule has 5 nitrogen and oxygen atoms in total. The third-order valence-electron chi connectivity index (χ3n) is 4.19. The van der Waals surface area contributed by atoms with Crippen molar-refractivity contribution in [3.8, 4) is 0 Å². The molecular formula is C15H16N2O3. The number of benzene rings is 1. The highest BCUT2D eigenvalue weighted by atomic mass is 16.5. The number of rotatable bonds is 2. The Morgan fingerprint density at radius 3 is 2.90 bits per heavy atom. The number of nitrogens with one attached hydrogen (secondary N) is 1. The number of H-pyrrole nitrogens is 1. The van der Waals surface area contributed by atoms with Crippen molar-refractivity contribution in [1.82, 2.24) is 9.88 Å². The van der Waals surface area contributed by atoms with Crippen LogP contribution < -0.4 is 0 Å². The fourth-order valence-electron chi connectivity index (χ4n) is 3.05. The molecule has 5 heteroatoms. The third kappa shape index (κ3) is 1.49. The lowest BCUT2D eigenvalue weighted by Gasteiger charge is -2.39. The topological polar surface area (TPSA) is 62.4 Å². The predicted octanol–water partition coefficient (Wildman–Crippen LogP) is 1.57. The van der Waals surface area contributed by atoms with Crippen molar-refractivity contribution in [2.24, 2.45) is 0 Å². The summed E-state index contributed by atoms with van der Waals surface area (Å²) in [6.45, 7) is 2.23. The average Bonchev–Trinajstić information content (AvgIpc) is 2.86. The number of aromatic nitrogens is 1. The Morgan fingerprint density at radius 2 is 2.20 bits per heavy atom. The number of ether oxygens (including phenoxy) is 1. The summed E-state index contributed by atoms with van der Waals surface area (Å²) in [5.74, 6) is -0.433. The van der Waals surface area contributed by atoms with Gasteiger partial charge in [-0.3, -0.25) is 4.79 Å². The zero-order chi connectivity index (χ0) is 14.3. The zero-order valence-corrected chi connectivity index (χ0v) is 11.5. The second kappa shape index (κ2) is 4.37. The molecule has 2 heterocycles. The number of amides is 1. The van der Waals surface area contributed by atoms with Crippen LogP contribution in [0.2, 0.25) is 0 Å². The number of fused-ring (bicyclic) bond motifs is 3. The van der Waals surface area contributed by atoms with E-state index in [1.807, 2.05) is 24.3 Å². The van der Waals surface area contributed by atoms with Crippen LogP contribution in [0.4, 0.5) is 0 Å². The minimum atomic E-state index is -1.09. The first kappa shape index (κ1) is 12.7. The van der Waals surface area contributed by atoms with E-state index in [0.29, 0.717) is 13.0 Å². The summed E-state index contributed by atoms with van der Waals surface area (Å²) in [6.07, 6.45) is 1.44. The predicted molar refractivity (Wildman–Crippen MR) is 74.1 cm³/mol. The van der Waals surface area contributed by atoms with Gasteiger partial charge in [-0.2, -0.15) is 0 Å². The summed E-state index contributed by atoms with van der Waals surface area (Å²) < 4.78 is 4.92. The Labute approximate surface area is 116 Å². The largest absolute Gasteiger partial charge is 0.467 e. The van der Waals surface area contributed by atoms with Crippen molar-refractivity contribution in [3.05, 3.63) is 35.5 Å². The zero-order valence-electron chi connectivity index (χ0n) is 11.5. The van der Waals surface area contributed by atoms with Gasteiger partial charge in [0.1, 0.15) is 0 Å². The second-order valence-electron chi connectivity index (χ2n) is 5.14. The van der Waals surface area contributed by atoms with E-state index in [4.69, 9.17) is 4.74 Å². The van der Waals surface area contributed by atoms with Gasteiger partial charge in [-0.15, -0.1) is 0 Å². The molecule has 0 bridgehead atoms. The fourth-order valence-corrected chi connectivity index (χ4v) is 3.05. The number of aromatic amines is 1. The molecule has 1 aliphatic heterocycles. The van der Waals surface area contributed by atoms with E-state index in [0.717, 1.165) is 28.6 Å². The molecule has 0 aliphatic carbocycles. The number of esters is 1. The minimum absolute atomic E-state index is 0.433. The number of hydrogen-bond acceptors (Lipinski definition) is 3. The van der Waals surface area contributed by atoms with E-state index in [-0.39, 0.29) is 0 Å². The normalized spacial score (nSPS) is 21.6. The van der Waals surface area contributed by atoms with Crippen molar-refractivity contribution in [2.45, 2.75) is 18.9 Å². The van der Waals surface area contributed by atoms with Gasteiger partial charge in [0.05, 0.1) is 12.8 Å². The molecule has 0 fully saturated rings. The molecule has 1 aromatic carbocycles. The highest BCUT2D eigenvalue weighted by Crippen LogP contribution is 2.38. The van der Waals surface area contributed by atoms with E-state index in [9.17, 15) is 9.59 Å². The van der Waals surface area contributed by atoms with Crippen molar-refractivity contribution in [3.63, 3.8) is 0 Å². The molecule has 1 unspecified atom stereocenters. The van der Waals surface area contributed by atoms with Crippen LogP contribution in [-0.4, -0.2) is 35.9 Å². The molecule has 3 rings (SSSR count). The molecule has 0 spiro atoms. The van der Waals surface area contributed by atoms with Crippen LogP contribution in [0.25, 0.3) is 10.9 Å². The second-order valence-corrected chi connectivity index (χ2v) is 5.14. The standard InChI is InChI=1S/C15H16N2O3/c1-15(14(19)20-2)13-11(7-8-17(15)9-18)10-5-3-4-6-12(10)16-13/h3-6,9,16H,7-8H2,1-2H3. The number of carbonyl (C=O) groups is 2. The molecule has 0 radical (unpaired) electrons. The molecule has 20 heavy (non-hydrogen) atoms. The molecule has 1 amide bonds. The van der Waals surface area contributed by atoms with E-state index >= 15 is 0 Å². The van der Waals surface area contributed by atoms with Crippen LogP contribution in [0.15, 0.2) is 24.3 Å². The first-order chi connectivity index (χ1) is 9.62. The lowest BCUT2D eigenvalue weighted by molar-refractivity contribution is -0.159. The van der Waals surface area contributed by atoms with Gasteiger partial charge in [-0.25, -0.2) is 4.79 Å². The molecule has 1 aromatic heterocycles. The summed E-state index contributed by atoms with van der Waals surface area (Å²) in [5.41, 5.74) is 1.72. The van der Waals surface area contributed by atoms with Gasteiger partial charge in [-0.05, 0) is 25.0 Å². The molecule has 104 valence electrons. The summed E-state index contributed by atoms with van der Waals surface area (Å²) in [4.78, 5) is 28.4. The molecule has 0 saturated heterocycles. The van der Waals surface area contributed by atoms with Gasteiger partial charge in [0.15, 0.2) is 5.54 Å². The van der Waals surface area contributed by atoms with Gasteiger partial charge < -0.3 is 14.6 Å². The monoisotopic (exact) mass is 272 g/mol. The number of carbonyl (C=O) groups excluding carboxylic acids is 2. The van der Waals surface area contributed by atoms with Gasteiger partial charge in [0.2, 0.25) is 6.41 Å². The highest BCUT2D eigenvalue weighted by molar-refractivity contribution is 5.91. The molecule has 0 saturated carbocycles. The van der Waals surface area contributed by atoms with Crippen molar-refractivity contribution in [1.29, 1.82) is 0 Å². The summed E-state index contributed by atoms with van der Waals surface area (Å²) >= 11 is 0. The van der Waals surface area contributed by atoms with Gasteiger partial charge in [0, 0.05) is 17.4 Å². The Kier molecular flexibility index (Phi) is 2.78. The smallest absolute Gasteiger partial charge is 0.337 e. The summed E-state index contributed by atoms with van der Waals surface area (Å²) in [5, 5.41) is 1.10. The Bertz CT molecular complexity index is 691. The van der Waals surface area contributed by atoms with Crippen LogP contribution in [0.5, 0.6) is 0 Å². The Morgan fingerprint density at radius 1 is 1.45 bits per heavy atom. The van der Waals surface area contributed by atoms with E-state index in [1.165, 1.54) is 12.0 Å². The first-order valence-electron chi connectivity index (χ1n) is 6.53. The molecule has 2 aromatic rings. The molecule has 1 atom stereocenters. The van der Waals surface area contributed by atoms with E-state index < -0.39 is 11.5 Å². The van der Waals surface area contributed by atoms with Gasteiger partial charge in [-0.1, -0.05) is 18.2 Å². The molecular weight excluding hydrogens is 256 g/mol. The quantitative estimate of drug-likeness (QED) is 0.666. The van der Waals surface area contributed by atoms with Crippen LogP contribution in [0.3, 0.4) is 0 Å². The van der Waals surface area contributed by atoms with Crippen LogP contribution in [-0.2, 0) is 26.3 Å². The lowest BCUT2D eigenvalue weighted by atomic mass is 9.87. The third-order valence-corrected chi connectivity index (χ3v) is 4.19. The number of methoxy groups -OCH3 is 1. The van der Waals surface area contributed by atoms with Crippen molar-refractivity contribution in [2.75, 3.05) is 13.7 Å². The fraction of sp³-hybridized carbons (Fsp3) is 0.333. The maximum Gasteiger partial charge on any atom is 0.337 e. The van der Waals surface area contributed by atoms with Crippen molar-refractivity contribution >= 4 is 23.3 Å². The Hall–Kier alpha value is -2.30. The van der Waals surface area contributed by atoms with Crippen LogP contribution in [0.1, 0.15) is 18.2 Å². The SMILES string of the molecule is COC(=O)C1(C)c2[nH]c3ccccc3c2CCN1C=O. The maximum atomic E-state index is 12.3. The van der Waals surface area contributed by atoms with Crippen molar-refractivity contribution < 1.29 is 14.3 Å². The number of hydrogen-bond donors (Lipinski definition) is 1. The number of nitrogens with zero attached hydrogens (tertiary/aromatic N) is 1. The van der Waals surface area contributed by atoms with Crippen LogP contribution >= 0.6 is 0 Å². The maximum absolute atomic E-state index is 12.3. The summed E-state index contributed by atoms with van der Waals surface area (Å²) in [6, 6.07) is 7.91. The number of para-hydroxylation sites is 1. The van der Waals surface area contributed by atoms with E-state index in [1.54, 1.807) is 6.92 Å². The molecule has 1 N–H and O–H groups in total. The van der Waals surface area contributed by atoms with E-state index in [2.05, 4.69) is 4.98 Å². The minimum Gasteiger partial charge on any atom is -0.467 e. The lowest BCUT2D eigenvalue weighted by Crippen LogP contribution is -2.53.